The van der Waals surface area contributed by atoms with Crippen LogP contribution in [0.25, 0.3) is 39.4 Å². The van der Waals surface area contributed by atoms with Crippen LogP contribution in [-0.2, 0) is 9.84 Å². The molecule has 0 aromatic carbocycles. The van der Waals surface area contributed by atoms with Gasteiger partial charge in [0.15, 0.2) is 5.82 Å². The first kappa shape index (κ1) is 27.1. The number of pyridine rings is 4. The van der Waals surface area contributed by atoms with E-state index in [-0.39, 0.29) is 17.7 Å². The van der Waals surface area contributed by atoms with Gasteiger partial charge in [-0.25, -0.2) is 18.1 Å². The van der Waals surface area contributed by atoms with Crippen molar-refractivity contribution in [1.29, 1.82) is 0 Å². The number of anilines is 1. The number of rotatable bonds is 7. The molecule has 0 spiro atoms. The second-order valence-electron chi connectivity index (χ2n) is 10.3. The van der Waals surface area contributed by atoms with Gasteiger partial charge in [0.1, 0.15) is 15.6 Å². The predicted octanol–water partition coefficient (Wildman–Crippen LogP) is 4.78. The third-order valence-corrected chi connectivity index (χ3v) is 8.75. The third kappa shape index (κ3) is 5.22. The first-order valence-corrected chi connectivity index (χ1v) is 15.5. The molecule has 0 radical (unpaired) electrons. The molecule has 5 aromatic rings. The third-order valence-electron chi connectivity index (χ3n) is 7.49. The summed E-state index contributed by atoms with van der Waals surface area (Å²) in [6.07, 6.45) is 8.06. The summed E-state index contributed by atoms with van der Waals surface area (Å²) >= 11 is 6.11. The number of nitrogens with zero attached hydrogens (tertiary/aromatic N) is 7. The Kier molecular flexibility index (Phi) is 6.87. The highest BCUT2D eigenvalue weighted by molar-refractivity contribution is 7.90. The van der Waals surface area contributed by atoms with Crippen molar-refractivity contribution in [2.45, 2.75) is 19.9 Å². The van der Waals surface area contributed by atoms with E-state index in [0.717, 1.165) is 27.8 Å². The van der Waals surface area contributed by atoms with Crippen molar-refractivity contribution in [1.82, 2.24) is 29.7 Å². The minimum atomic E-state index is -3.08. The summed E-state index contributed by atoms with van der Waals surface area (Å²) in [7, 11) is -1.46. The maximum atomic E-state index is 11.9. The van der Waals surface area contributed by atoms with Crippen LogP contribution in [-0.4, -0.2) is 69.8 Å². The van der Waals surface area contributed by atoms with Crippen LogP contribution in [0.2, 0.25) is 5.02 Å². The van der Waals surface area contributed by atoms with E-state index in [1.165, 1.54) is 6.26 Å². The molecule has 1 fully saturated rings. The van der Waals surface area contributed by atoms with Crippen molar-refractivity contribution in [2.75, 3.05) is 30.6 Å². The standard InChI is InChI=1S/C29H28ClN7O3S/c1-17-22-14-33-37(27(22)11-25(34-17)23-13-31-8-7-28(23)40-3)29-10-21(36-15-19(18(36)2)16-41(4,38)39)9-26(35-29)24-6-5-20(30)12-32-24/h5-14,18-19H,15-16H2,1-4H3/t18-,19-/m1/s1. The summed E-state index contributed by atoms with van der Waals surface area (Å²) in [6, 6.07) is 11.3. The number of sulfone groups is 1. The molecule has 0 N–H and O–H groups in total. The summed E-state index contributed by atoms with van der Waals surface area (Å²) in [5.41, 5.74) is 5.33. The molecule has 1 saturated heterocycles. The summed E-state index contributed by atoms with van der Waals surface area (Å²) < 4.78 is 31.2. The van der Waals surface area contributed by atoms with E-state index >= 15 is 0 Å². The molecular formula is C29H28ClN7O3S. The van der Waals surface area contributed by atoms with Crippen molar-refractivity contribution in [3.8, 4) is 34.2 Å². The highest BCUT2D eigenvalue weighted by Crippen LogP contribution is 2.36. The lowest BCUT2D eigenvalue weighted by Crippen LogP contribution is -2.57. The Morgan fingerprint density at radius 1 is 1.05 bits per heavy atom. The van der Waals surface area contributed by atoms with Gasteiger partial charge in [-0.15, -0.1) is 0 Å². The quantitative estimate of drug-likeness (QED) is 0.264. The average molecular weight is 590 g/mol. The number of fused-ring (bicyclic) bond motifs is 1. The molecule has 1 aliphatic rings. The molecule has 0 aliphatic carbocycles. The van der Waals surface area contributed by atoms with Gasteiger partial charge >= 0.3 is 0 Å². The van der Waals surface area contributed by atoms with Crippen LogP contribution in [0.1, 0.15) is 12.6 Å². The van der Waals surface area contributed by atoms with Crippen LogP contribution in [0.3, 0.4) is 0 Å². The smallest absolute Gasteiger partial charge is 0.156 e. The van der Waals surface area contributed by atoms with Crippen molar-refractivity contribution in [3.63, 3.8) is 0 Å². The summed E-state index contributed by atoms with van der Waals surface area (Å²) in [5, 5.41) is 6.13. The number of ether oxygens (including phenoxy) is 1. The zero-order valence-corrected chi connectivity index (χ0v) is 24.6. The van der Waals surface area contributed by atoms with Gasteiger partial charge in [-0.05, 0) is 44.2 Å². The number of methoxy groups -OCH3 is 1. The predicted molar refractivity (Wildman–Crippen MR) is 159 cm³/mol. The normalized spacial score (nSPS) is 17.0. The van der Waals surface area contributed by atoms with Gasteiger partial charge in [-0.3, -0.25) is 15.0 Å². The Morgan fingerprint density at radius 3 is 2.59 bits per heavy atom. The van der Waals surface area contributed by atoms with E-state index in [4.69, 9.17) is 31.4 Å². The molecule has 6 rings (SSSR count). The molecule has 6 heterocycles. The van der Waals surface area contributed by atoms with Crippen LogP contribution >= 0.6 is 11.6 Å². The maximum absolute atomic E-state index is 11.9. The number of hydrogen-bond donors (Lipinski definition) is 0. The van der Waals surface area contributed by atoms with Gasteiger partial charge < -0.3 is 9.64 Å². The number of hydrogen-bond acceptors (Lipinski definition) is 9. The Hall–Kier alpha value is -4.09. The van der Waals surface area contributed by atoms with Crippen molar-refractivity contribution < 1.29 is 13.2 Å². The number of aryl methyl sites for hydroxylation is 1. The first-order chi connectivity index (χ1) is 19.6. The lowest BCUT2D eigenvalue weighted by Gasteiger charge is -2.48. The lowest BCUT2D eigenvalue weighted by molar-refractivity contribution is 0.341. The zero-order chi connectivity index (χ0) is 28.9. The summed E-state index contributed by atoms with van der Waals surface area (Å²) in [5.74, 6) is 1.47. The monoisotopic (exact) mass is 589 g/mol. The van der Waals surface area contributed by atoms with Crippen molar-refractivity contribution in [2.24, 2.45) is 5.92 Å². The number of halogens is 1. The largest absolute Gasteiger partial charge is 0.496 e. The fourth-order valence-corrected chi connectivity index (χ4v) is 6.57. The van der Waals surface area contributed by atoms with E-state index in [1.807, 2.05) is 38.1 Å². The molecule has 2 atom stereocenters. The van der Waals surface area contributed by atoms with Gasteiger partial charge in [0.05, 0.1) is 52.2 Å². The Morgan fingerprint density at radius 2 is 1.88 bits per heavy atom. The topological polar surface area (TPSA) is 116 Å². The molecule has 0 unspecified atom stereocenters. The minimum Gasteiger partial charge on any atom is -0.496 e. The lowest BCUT2D eigenvalue weighted by atomic mass is 9.91. The van der Waals surface area contributed by atoms with Gasteiger partial charge in [0.2, 0.25) is 0 Å². The van der Waals surface area contributed by atoms with Gasteiger partial charge in [-0.2, -0.15) is 5.10 Å². The van der Waals surface area contributed by atoms with Crippen LogP contribution in [0.15, 0.2) is 61.2 Å². The number of aromatic nitrogens is 6. The van der Waals surface area contributed by atoms with Crippen LogP contribution in [0, 0.1) is 12.8 Å². The molecule has 10 nitrogen and oxygen atoms in total. The second kappa shape index (κ2) is 10.4. The fraction of sp³-hybridized carbons (Fsp3) is 0.276. The van der Waals surface area contributed by atoms with E-state index in [2.05, 4.69) is 14.9 Å². The van der Waals surface area contributed by atoms with Gasteiger partial charge in [0, 0.05) is 66.2 Å². The first-order valence-electron chi connectivity index (χ1n) is 13.0. The fourth-order valence-electron chi connectivity index (χ4n) is 5.30. The Labute approximate surface area is 242 Å². The molecular weight excluding hydrogens is 562 g/mol. The summed E-state index contributed by atoms with van der Waals surface area (Å²) in [4.78, 5) is 20.7. The van der Waals surface area contributed by atoms with Crippen LogP contribution < -0.4 is 9.64 Å². The average Bonchev–Trinajstić information content (AvgIpc) is 3.39. The van der Waals surface area contributed by atoms with E-state index in [9.17, 15) is 8.42 Å². The van der Waals surface area contributed by atoms with Crippen LogP contribution in [0.4, 0.5) is 5.69 Å². The van der Waals surface area contributed by atoms with E-state index in [0.29, 0.717) is 40.2 Å². The van der Waals surface area contributed by atoms with Crippen molar-refractivity contribution >= 4 is 38.0 Å². The van der Waals surface area contributed by atoms with Crippen LogP contribution in [0.5, 0.6) is 5.75 Å². The zero-order valence-electron chi connectivity index (χ0n) is 23.0. The SMILES string of the molecule is COc1ccncc1-c1cc2c(cnn2-c2cc(N3C[C@H](CS(C)(=O)=O)[C@H]3C)cc(-c3ccc(Cl)cn3)n2)c(C)n1. The highest BCUT2D eigenvalue weighted by atomic mass is 35.5. The Bertz CT molecular complexity index is 1880. The molecule has 0 bridgehead atoms. The molecule has 12 heteroatoms. The molecule has 5 aromatic heterocycles. The highest BCUT2D eigenvalue weighted by Gasteiger charge is 2.38. The molecule has 210 valence electrons. The van der Waals surface area contributed by atoms with Crippen molar-refractivity contribution in [3.05, 3.63) is 71.9 Å². The van der Waals surface area contributed by atoms with Gasteiger partial charge in [-0.1, -0.05) is 11.6 Å². The Balaban J connectivity index is 1.48. The molecule has 0 amide bonds. The molecule has 41 heavy (non-hydrogen) atoms. The molecule has 0 saturated carbocycles. The minimum absolute atomic E-state index is 0.0384. The van der Waals surface area contributed by atoms with E-state index in [1.54, 1.807) is 48.7 Å². The van der Waals surface area contributed by atoms with Gasteiger partial charge in [0.25, 0.3) is 0 Å². The maximum Gasteiger partial charge on any atom is 0.156 e. The second-order valence-corrected chi connectivity index (χ2v) is 13.0. The summed E-state index contributed by atoms with van der Waals surface area (Å²) in [6.45, 7) is 4.61. The molecule has 1 aliphatic heterocycles. The van der Waals surface area contributed by atoms with E-state index < -0.39 is 9.84 Å².